The first kappa shape index (κ1) is 9.38. The van der Waals surface area contributed by atoms with E-state index >= 15 is 0 Å². The van der Waals surface area contributed by atoms with Gasteiger partial charge in [0.1, 0.15) is 6.33 Å². The number of imidazole rings is 1. The minimum Gasteiger partial charge on any atom is -0.475 e. The molecule has 78 valence electrons. The first-order chi connectivity index (χ1) is 7.16. The van der Waals surface area contributed by atoms with E-state index in [9.17, 15) is 4.79 Å². The Balaban J connectivity index is 2.18. The molecule has 2 aromatic rings. The van der Waals surface area contributed by atoms with Gasteiger partial charge in [0.05, 0.1) is 24.8 Å². The Bertz CT molecular complexity index is 487. The maximum absolute atomic E-state index is 10.5. The average molecular weight is 207 g/mol. The Morgan fingerprint density at radius 1 is 1.53 bits per heavy atom. The molecule has 2 rings (SSSR count). The van der Waals surface area contributed by atoms with Gasteiger partial charge in [-0.05, 0) is 0 Å². The van der Waals surface area contributed by atoms with Crippen LogP contribution in [0.15, 0.2) is 18.9 Å². The Hall–Kier alpha value is -2.18. The highest BCUT2D eigenvalue weighted by atomic mass is 16.4. The molecule has 0 atom stereocenters. The lowest BCUT2D eigenvalue weighted by molar-refractivity contribution is 0.0683. The molecule has 0 radical (unpaired) electrons. The van der Waals surface area contributed by atoms with Crippen molar-refractivity contribution in [1.29, 1.82) is 0 Å². The maximum Gasteiger partial charge on any atom is 0.375 e. The zero-order chi connectivity index (χ0) is 10.8. The number of aryl methyl sites for hydroxylation is 1. The van der Waals surface area contributed by atoms with E-state index in [1.165, 1.54) is 11.0 Å². The van der Waals surface area contributed by atoms with Crippen LogP contribution in [-0.2, 0) is 13.6 Å². The van der Waals surface area contributed by atoms with E-state index in [4.69, 9.17) is 5.11 Å². The molecule has 0 spiro atoms. The Labute approximate surface area is 85.0 Å². The average Bonchev–Trinajstić information content (AvgIpc) is 2.77. The molecule has 0 aliphatic carbocycles. The topological polar surface area (TPSA) is 85.8 Å². The van der Waals surface area contributed by atoms with Gasteiger partial charge in [0.15, 0.2) is 0 Å². The summed E-state index contributed by atoms with van der Waals surface area (Å²) in [5, 5.41) is 12.4. The van der Waals surface area contributed by atoms with E-state index in [2.05, 4.69) is 15.1 Å². The highest BCUT2D eigenvalue weighted by Crippen LogP contribution is 1.99. The number of carbonyl (C=O) groups is 1. The summed E-state index contributed by atoms with van der Waals surface area (Å²) in [5.74, 6) is -1.32. The van der Waals surface area contributed by atoms with E-state index in [1.807, 2.05) is 11.6 Å². The van der Waals surface area contributed by atoms with Crippen molar-refractivity contribution in [3.8, 4) is 0 Å². The predicted molar refractivity (Wildman–Crippen MR) is 49.3 cm³/mol. The van der Waals surface area contributed by atoms with Crippen LogP contribution >= 0.6 is 0 Å². The van der Waals surface area contributed by atoms with Crippen molar-refractivity contribution in [1.82, 2.24) is 24.3 Å². The van der Waals surface area contributed by atoms with E-state index in [1.54, 1.807) is 12.5 Å². The smallest absolute Gasteiger partial charge is 0.375 e. The van der Waals surface area contributed by atoms with Crippen molar-refractivity contribution in [3.63, 3.8) is 0 Å². The molecule has 0 aromatic carbocycles. The van der Waals surface area contributed by atoms with Crippen LogP contribution in [0, 0.1) is 0 Å². The van der Waals surface area contributed by atoms with Crippen LogP contribution in [-0.4, -0.2) is 35.4 Å². The number of hydrogen-bond donors (Lipinski definition) is 1. The van der Waals surface area contributed by atoms with Gasteiger partial charge in [0.2, 0.25) is 0 Å². The number of nitrogens with zero attached hydrogens (tertiary/aromatic N) is 5. The Morgan fingerprint density at radius 3 is 2.87 bits per heavy atom. The lowest BCUT2D eigenvalue weighted by Gasteiger charge is -2.00. The molecule has 0 saturated heterocycles. The lowest BCUT2D eigenvalue weighted by Crippen LogP contribution is -2.06. The number of carboxylic acid groups (broad SMARTS) is 1. The van der Waals surface area contributed by atoms with Gasteiger partial charge in [-0.3, -0.25) is 0 Å². The van der Waals surface area contributed by atoms with Crippen LogP contribution in [0.1, 0.15) is 16.3 Å². The Morgan fingerprint density at radius 2 is 2.33 bits per heavy atom. The highest BCUT2D eigenvalue weighted by molar-refractivity contribution is 5.82. The normalized spacial score (nSPS) is 10.5. The van der Waals surface area contributed by atoms with Crippen molar-refractivity contribution in [3.05, 3.63) is 30.4 Å². The molecule has 15 heavy (non-hydrogen) atoms. The van der Waals surface area contributed by atoms with Gasteiger partial charge in [-0.2, -0.15) is 0 Å². The second kappa shape index (κ2) is 3.52. The monoisotopic (exact) mass is 207 g/mol. The second-order valence-electron chi connectivity index (χ2n) is 3.07. The van der Waals surface area contributed by atoms with Crippen molar-refractivity contribution in [2.24, 2.45) is 7.05 Å². The number of carboxylic acids is 1. The third-order valence-electron chi connectivity index (χ3n) is 1.97. The molecule has 2 heterocycles. The van der Waals surface area contributed by atoms with Crippen molar-refractivity contribution >= 4 is 5.97 Å². The number of rotatable bonds is 3. The van der Waals surface area contributed by atoms with Crippen LogP contribution in [0.5, 0.6) is 0 Å². The minimum absolute atomic E-state index is 0.197. The fourth-order valence-corrected chi connectivity index (χ4v) is 1.17. The van der Waals surface area contributed by atoms with Crippen molar-refractivity contribution < 1.29 is 9.90 Å². The number of hydrogen-bond acceptors (Lipinski definition) is 4. The summed E-state index contributed by atoms with van der Waals surface area (Å²) in [7, 11) is 1.86. The summed E-state index contributed by atoms with van der Waals surface area (Å²) in [6.07, 6.45) is 4.75. The van der Waals surface area contributed by atoms with E-state index in [0.717, 1.165) is 5.69 Å². The molecule has 0 amide bonds. The van der Waals surface area contributed by atoms with Gasteiger partial charge in [0.25, 0.3) is 5.82 Å². The highest BCUT2D eigenvalue weighted by Gasteiger charge is 2.09. The van der Waals surface area contributed by atoms with Gasteiger partial charge in [-0.25, -0.2) is 19.4 Å². The fourth-order valence-electron chi connectivity index (χ4n) is 1.17. The molecule has 1 N–H and O–H groups in total. The zero-order valence-electron chi connectivity index (χ0n) is 8.03. The Kier molecular flexibility index (Phi) is 2.20. The number of aromatic carboxylic acids is 1. The molecule has 2 aromatic heterocycles. The van der Waals surface area contributed by atoms with E-state index in [0.29, 0.717) is 6.54 Å². The van der Waals surface area contributed by atoms with Crippen LogP contribution in [0.4, 0.5) is 0 Å². The zero-order valence-corrected chi connectivity index (χ0v) is 8.03. The number of aromatic nitrogens is 5. The van der Waals surface area contributed by atoms with Gasteiger partial charge in [-0.15, -0.1) is 5.10 Å². The van der Waals surface area contributed by atoms with E-state index in [-0.39, 0.29) is 5.82 Å². The largest absolute Gasteiger partial charge is 0.475 e. The molecule has 0 unspecified atom stereocenters. The summed E-state index contributed by atoms with van der Waals surface area (Å²) in [6.45, 7) is 0.455. The summed E-state index contributed by atoms with van der Waals surface area (Å²) in [6, 6.07) is 0. The quantitative estimate of drug-likeness (QED) is 0.750. The van der Waals surface area contributed by atoms with Gasteiger partial charge >= 0.3 is 5.97 Å². The first-order valence-corrected chi connectivity index (χ1v) is 4.25. The molecule has 0 bridgehead atoms. The van der Waals surface area contributed by atoms with Gasteiger partial charge < -0.3 is 9.67 Å². The first-order valence-electron chi connectivity index (χ1n) is 4.25. The lowest BCUT2D eigenvalue weighted by atomic mass is 10.5. The predicted octanol–water partition coefficient (Wildman–Crippen LogP) is -0.242. The molecule has 0 fully saturated rings. The molecule has 7 nitrogen and oxygen atoms in total. The molecule has 0 saturated carbocycles. The van der Waals surface area contributed by atoms with Crippen LogP contribution in [0.2, 0.25) is 0 Å². The molecule has 0 aliphatic heterocycles. The van der Waals surface area contributed by atoms with Crippen molar-refractivity contribution in [2.75, 3.05) is 0 Å². The fraction of sp³-hybridized carbons (Fsp3) is 0.250. The second-order valence-corrected chi connectivity index (χ2v) is 3.07. The minimum atomic E-state index is -1.13. The summed E-state index contributed by atoms with van der Waals surface area (Å²) < 4.78 is 3.29. The summed E-state index contributed by atoms with van der Waals surface area (Å²) in [4.78, 5) is 18.1. The maximum atomic E-state index is 10.5. The van der Waals surface area contributed by atoms with Crippen LogP contribution in [0.25, 0.3) is 0 Å². The van der Waals surface area contributed by atoms with E-state index < -0.39 is 5.97 Å². The van der Waals surface area contributed by atoms with Crippen LogP contribution < -0.4 is 0 Å². The van der Waals surface area contributed by atoms with Gasteiger partial charge in [-0.1, -0.05) is 0 Å². The standard InChI is InChI=1S/C8H9N5O2/c1-12-4-9-2-6(12)3-13-5-10-7(11-13)8(14)15/h2,4-5H,3H2,1H3,(H,14,15). The molecular weight excluding hydrogens is 198 g/mol. The molecule has 7 heteroatoms. The third kappa shape index (κ3) is 1.85. The SMILES string of the molecule is Cn1cncc1Cn1cnc(C(=O)O)n1. The van der Waals surface area contributed by atoms with Crippen LogP contribution in [0.3, 0.4) is 0 Å². The summed E-state index contributed by atoms with van der Waals surface area (Å²) in [5.41, 5.74) is 0.928. The van der Waals surface area contributed by atoms with Gasteiger partial charge in [0, 0.05) is 7.05 Å². The van der Waals surface area contributed by atoms with Crippen molar-refractivity contribution in [2.45, 2.75) is 6.54 Å². The third-order valence-corrected chi connectivity index (χ3v) is 1.97. The molecule has 0 aliphatic rings. The molecular formula is C8H9N5O2. The summed E-state index contributed by atoms with van der Waals surface area (Å²) >= 11 is 0.